The fourth-order valence-corrected chi connectivity index (χ4v) is 2.12. The average molecular weight is 260 g/mol. The van der Waals surface area contributed by atoms with E-state index in [0.717, 1.165) is 22.5 Å². The third kappa shape index (κ3) is 2.93. The molecule has 5 heteroatoms. The van der Waals surface area contributed by atoms with Crippen LogP contribution in [0.3, 0.4) is 0 Å². The van der Waals surface area contributed by atoms with Gasteiger partial charge in [-0.25, -0.2) is 0 Å². The molecule has 2 aromatic rings. The SMILES string of the molecule is Cc1nn(Cc2cccc(O)c2)c(C)c1CC(=O)O. The van der Waals surface area contributed by atoms with E-state index >= 15 is 0 Å². The van der Waals surface area contributed by atoms with Gasteiger partial charge >= 0.3 is 5.97 Å². The van der Waals surface area contributed by atoms with Gasteiger partial charge in [0.25, 0.3) is 0 Å². The number of hydrogen-bond acceptors (Lipinski definition) is 3. The van der Waals surface area contributed by atoms with E-state index in [4.69, 9.17) is 5.11 Å². The van der Waals surface area contributed by atoms with Crippen LogP contribution >= 0.6 is 0 Å². The van der Waals surface area contributed by atoms with Crippen LogP contribution in [-0.4, -0.2) is 26.0 Å². The van der Waals surface area contributed by atoms with Crippen molar-refractivity contribution in [1.82, 2.24) is 9.78 Å². The van der Waals surface area contributed by atoms with Crippen molar-refractivity contribution in [3.8, 4) is 5.75 Å². The zero-order valence-corrected chi connectivity index (χ0v) is 10.9. The molecule has 0 aliphatic heterocycles. The summed E-state index contributed by atoms with van der Waals surface area (Å²) in [5.74, 6) is -0.645. The number of rotatable bonds is 4. The van der Waals surface area contributed by atoms with Gasteiger partial charge in [0.2, 0.25) is 0 Å². The van der Waals surface area contributed by atoms with Crippen molar-refractivity contribution in [1.29, 1.82) is 0 Å². The van der Waals surface area contributed by atoms with E-state index in [9.17, 15) is 9.90 Å². The topological polar surface area (TPSA) is 75.3 Å². The van der Waals surface area contributed by atoms with E-state index in [0.29, 0.717) is 6.54 Å². The third-order valence-corrected chi connectivity index (χ3v) is 3.10. The molecule has 0 fully saturated rings. The van der Waals surface area contributed by atoms with Crippen molar-refractivity contribution < 1.29 is 15.0 Å². The van der Waals surface area contributed by atoms with Crippen LogP contribution in [0.15, 0.2) is 24.3 Å². The van der Waals surface area contributed by atoms with Gasteiger partial charge in [0.15, 0.2) is 0 Å². The number of aliphatic carboxylic acids is 1. The molecular weight excluding hydrogens is 244 g/mol. The van der Waals surface area contributed by atoms with Crippen molar-refractivity contribution in [3.63, 3.8) is 0 Å². The molecular formula is C14H16N2O3. The first-order chi connectivity index (χ1) is 8.97. The molecule has 0 atom stereocenters. The number of aromatic hydroxyl groups is 1. The number of carbonyl (C=O) groups is 1. The van der Waals surface area contributed by atoms with Crippen molar-refractivity contribution in [2.45, 2.75) is 26.8 Å². The van der Waals surface area contributed by atoms with Crippen LogP contribution in [-0.2, 0) is 17.8 Å². The second kappa shape index (κ2) is 5.14. The van der Waals surface area contributed by atoms with Crippen LogP contribution in [0.5, 0.6) is 5.75 Å². The molecule has 2 N–H and O–H groups in total. The molecule has 0 bridgehead atoms. The number of hydrogen-bond donors (Lipinski definition) is 2. The highest BCUT2D eigenvalue weighted by molar-refractivity contribution is 5.70. The second-order valence-corrected chi connectivity index (χ2v) is 4.55. The van der Waals surface area contributed by atoms with Crippen molar-refractivity contribution in [2.75, 3.05) is 0 Å². The molecule has 2 rings (SSSR count). The van der Waals surface area contributed by atoms with Gasteiger partial charge in [0.1, 0.15) is 5.75 Å². The lowest BCUT2D eigenvalue weighted by Crippen LogP contribution is -2.06. The number of aromatic nitrogens is 2. The highest BCUT2D eigenvalue weighted by Gasteiger charge is 2.14. The average Bonchev–Trinajstić information content (AvgIpc) is 2.57. The van der Waals surface area contributed by atoms with E-state index in [-0.39, 0.29) is 12.2 Å². The lowest BCUT2D eigenvalue weighted by atomic mass is 10.1. The van der Waals surface area contributed by atoms with E-state index in [1.807, 2.05) is 19.9 Å². The minimum Gasteiger partial charge on any atom is -0.508 e. The van der Waals surface area contributed by atoms with Gasteiger partial charge < -0.3 is 10.2 Å². The Morgan fingerprint density at radius 3 is 2.74 bits per heavy atom. The lowest BCUT2D eigenvalue weighted by molar-refractivity contribution is -0.136. The van der Waals surface area contributed by atoms with Gasteiger partial charge in [-0.3, -0.25) is 9.48 Å². The molecule has 5 nitrogen and oxygen atoms in total. The van der Waals surface area contributed by atoms with Gasteiger partial charge in [-0.05, 0) is 31.5 Å². The zero-order chi connectivity index (χ0) is 14.0. The Bertz CT molecular complexity index is 617. The van der Waals surface area contributed by atoms with Crippen molar-refractivity contribution >= 4 is 5.97 Å². The van der Waals surface area contributed by atoms with Gasteiger partial charge in [0, 0.05) is 11.3 Å². The van der Waals surface area contributed by atoms with Crippen LogP contribution in [0, 0.1) is 13.8 Å². The molecule has 100 valence electrons. The normalized spacial score (nSPS) is 10.6. The minimum absolute atomic E-state index is 0.0162. The Morgan fingerprint density at radius 1 is 1.37 bits per heavy atom. The molecule has 0 saturated carbocycles. The first kappa shape index (κ1) is 13.1. The van der Waals surface area contributed by atoms with Gasteiger partial charge in [-0.15, -0.1) is 0 Å². The number of phenolic OH excluding ortho intramolecular Hbond substituents is 1. The van der Waals surface area contributed by atoms with E-state index in [1.165, 1.54) is 0 Å². The van der Waals surface area contributed by atoms with Crippen LogP contribution in [0.4, 0.5) is 0 Å². The van der Waals surface area contributed by atoms with Crippen LogP contribution < -0.4 is 0 Å². The summed E-state index contributed by atoms with van der Waals surface area (Å²) in [6.07, 6.45) is -0.0162. The summed E-state index contributed by atoms with van der Waals surface area (Å²) in [5.41, 5.74) is 3.27. The maximum absolute atomic E-state index is 10.8. The van der Waals surface area contributed by atoms with Gasteiger partial charge in [-0.1, -0.05) is 12.1 Å². The van der Waals surface area contributed by atoms with E-state index in [1.54, 1.807) is 22.9 Å². The Kier molecular flexibility index (Phi) is 3.55. The molecule has 0 aliphatic carbocycles. The number of carboxylic acids is 1. The largest absolute Gasteiger partial charge is 0.508 e. The Morgan fingerprint density at radius 2 is 2.11 bits per heavy atom. The summed E-state index contributed by atoms with van der Waals surface area (Å²) in [7, 11) is 0. The van der Waals surface area contributed by atoms with Crippen molar-refractivity contribution in [2.24, 2.45) is 0 Å². The van der Waals surface area contributed by atoms with E-state index < -0.39 is 5.97 Å². The number of nitrogens with zero attached hydrogens (tertiary/aromatic N) is 2. The predicted octanol–water partition coefficient (Wildman–Crippen LogP) is 1.88. The molecule has 19 heavy (non-hydrogen) atoms. The highest BCUT2D eigenvalue weighted by Crippen LogP contribution is 2.17. The summed E-state index contributed by atoms with van der Waals surface area (Å²) in [6, 6.07) is 6.95. The van der Waals surface area contributed by atoms with Crippen LogP contribution in [0.1, 0.15) is 22.5 Å². The quantitative estimate of drug-likeness (QED) is 0.880. The number of aryl methyl sites for hydroxylation is 1. The van der Waals surface area contributed by atoms with E-state index in [2.05, 4.69) is 5.10 Å². The number of carboxylic acid groups (broad SMARTS) is 1. The Labute approximate surface area is 111 Å². The fraction of sp³-hybridized carbons (Fsp3) is 0.286. The monoisotopic (exact) mass is 260 g/mol. The lowest BCUT2D eigenvalue weighted by Gasteiger charge is -2.05. The standard InChI is InChI=1S/C14H16N2O3/c1-9-13(7-14(18)19)10(2)16(15-9)8-11-4-3-5-12(17)6-11/h3-6,17H,7-8H2,1-2H3,(H,18,19). The first-order valence-electron chi connectivity index (χ1n) is 6.00. The molecule has 0 saturated heterocycles. The Balaban J connectivity index is 2.29. The molecule has 0 aliphatic rings. The maximum Gasteiger partial charge on any atom is 0.307 e. The Hall–Kier alpha value is -2.30. The molecule has 0 radical (unpaired) electrons. The van der Waals surface area contributed by atoms with Gasteiger partial charge in [-0.2, -0.15) is 5.10 Å². The molecule has 0 spiro atoms. The first-order valence-corrected chi connectivity index (χ1v) is 6.00. The second-order valence-electron chi connectivity index (χ2n) is 4.55. The van der Waals surface area contributed by atoms with Crippen LogP contribution in [0.2, 0.25) is 0 Å². The number of benzene rings is 1. The smallest absolute Gasteiger partial charge is 0.307 e. The molecule has 1 aromatic heterocycles. The molecule has 0 amide bonds. The fourth-order valence-electron chi connectivity index (χ4n) is 2.12. The predicted molar refractivity (Wildman–Crippen MR) is 70.2 cm³/mol. The van der Waals surface area contributed by atoms with Gasteiger partial charge in [0.05, 0.1) is 18.7 Å². The molecule has 0 unspecified atom stereocenters. The molecule has 1 heterocycles. The third-order valence-electron chi connectivity index (χ3n) is 3.10. The summed E-state index contributed by atoms with van der Waals surface area (Å²) in [5, 5.41) is 22.7. The van der Waals surface area contributed by atoms with Crippen LogP contribution in [0.25, 0.3) is 0 Å². The summed E-state index contributed by atoms with van der Waals surface area (Å²) < 4.78 is 1.77. The van der Waals surface area contributed by atoms with Crippen molar-refractivity contribution in [3.05, 3.63) is 46.8 Å². The zero-order valence-electron chi connectivity index (χ0n) is 10.9. The maximum atomic E-state index is 10.8. The highest BCUT2D eigenvalue weighted by atomic mass is 16.4. The summed E-state index contributed by atoms with van der Waals surface area (Å²) in [4.78, 5) is 10.8. The molecule has 1 aromatic carbocycles. The number of phenols is 1. The summed E-state index contributed by atoms with van der Waals surface area (Å²) in [6.45, 7) is 4.19. The summed E-state index contributed by atoms with van der Waals surface area (Å²) >= 11 is 0. The minimum atomic E-state index is -0.858.